The zero-order valence-corrected chi connectivity index (χ0v) is 22.8. The van der Waals surface area contributed by atoms with E-state index >= 15 is 0 Å². The van der Waals surface area contributed by atoms with Crippen molar-refractivity contribution in [1.29, 1.82) is 0 Å². The Balaban J connectivity index is 1.18. The highest BCUT2D eigenvalue weighted by atomic mass is 35.5. The standard InChI is InChI=1S/C32H29ClN4O3/c1-17(33)23-16-37(28-15-29(38)21-7-3-4-8-22(21)30(23)28)32(40)27-14-19-12-20(10-11-25(19)36-27)34-31(39)26-13-18-6-2-5-9-24(18)35-26/h2,5-6,9-15,17,23,35-36,38H,3-4,7-8,16H2,1H3,(H,34,39)/t17-,23-/m0/s1. The number of hydrogen-bond acceptors (Lipinski definition) is 3. The summed E-state index contributed by atoms with van der Waals surface area (Å²) in [7, 11) is 0. The van der Waals surface area contributed by atoms with E-state index in [0.29, 0.717) is 23.6 Å². The summed E-state index contributed by atoms with van der Waals surface area (Å²) in [6.45, 7) is 2.44. The van der Waals surface area contributed by atoms with Gasteiger partial charge < -0.3 is 25.3 Å². The van der Waals surface area contributed by atoms with Crippen LogP contribution in [-0.2, 0) is 12.8 Å². The van der Waals surface area contributed by atoms with Gasteiger partial charge in [-0.05, 0) is 85.7 Å². The van der Waals surface area contributed by atoms with Crippen LogP contribution in [0.5, 0.6) is 5.75 Å². The van der Waals surface area contributed by atoms with E-state index < -0.39 is 0 Å². The Bertz CT molecular complexity index is 1790. The Morgan fingerprint density at radius 3 is 2.48 bits per heavy atom. The first-order valence-corrected chi connectivity index (χ1v) is 14.2. The lowest BCUT2D eigenvalue weighted by Crippen LogP contribution is -2.31. The molecule has 3 aromatic carbocycles. The van der Waals surface area contributed by atoms with E-state index in [1.54, 1.807) is 11.0 Å². The van der Waals surface area contributed by atoms with E-state index in [0.717, 1.165) is 64.3 Å². The molecule has 7 rings (SSSR count). The molecular weight excluding hydrogens is 524 g/mol. The van der Waals surface area contributed by atoms with E-state index in [4.69, 9.17) is 11.6 Å². The summed E-state index contributed by atoms with van der Waals surface area (Å²) in [5.74, 6) is -0.137. The average Bonchev–Trinajstić information content (AvgIpc) is 3.67. The fraction of sp³-hybridized carbons (Fsp3) is 0.250. The van der Waals surface area contributed by atoms with Gasteiger partial charge in [0.2, 0.25) is 0 Å². The summed E-state index contributed by atoms with van der Waals surface area (Å²) >= 11 is 6.66. The van der Waals surface area contributed by atoms with Crippen molar-refractivity contribution in [3.05, 3.63) is 88.7 Å². The van der Waals surface area contributed by atoms with E-state index in [9.17, 15) is 14.7 Å². The number of carbonyl (C=O) groups excluding carboxylic acids is 2. The average molecular weight is 553 g/mol. The van der Waals surface area contributed by atoms with Gasteiger partial charge in [0.1, 0.15) is 17.1 Å². The van der Waals surface area contributed by atoms with Crippen LogP contribution in [0.4, 0.5) is 11.4 Å². The lowest BCUT2D eigenvalue weighted by Gasteiger charge is -2.24. The number of rotatable bonds is 4. The fourth-order valence-corrected chi connectivity index (χ4v) is 6.60. The summed E-state index contributed by atoms with van der Waals surface area (Å²) in [4.78, 5) is 34.9. The van der Waals surface area contributed by atoms with E-state index in [-0.39, 0.29) is 28.9 Å². The highest BCUT2D eigenvalue weighted by Gasteiger charge is 2.39. The molecule has 0 saturated heterocycles. The van der Waals surface area contributed by atoms with Crippen molar-refractivity contribution in [1.82, 2.24) is 9.97 Å². The third-order valence-electron chi connectivity index (χ3n) is 8.38. The zero-order chi connectivity index (χ0) is 27.5. The highest BCUT2D eigenvalue weighted by Crippen LogP contribution is 2.48. The zero-order valence-electron chi connectivity index (χ0n) is 22.1. The SMILES string of the molecule is C[C@H](Cl)[C@@H]1CN(C(=O)c2cc3cc(NC(=O)c4cc5ccccc5[nH]4)ccc3[nH]2)c2cc(O)c3c(c21)CCCC3. The number of carbonyl (C=O) groups is 2. The Labute approximate surface area is 236 Å². The quantitative estimate of drug-likeness (QED) is 0.183. The van der Waals surface area contributed by atoms with Gasteiger partial charge in [0.25, 0.3) is 11.8 Å². The molecule has 2 amide bonds. The minimum atomic E-state index is -0.236. The number of fused-ring (bicyclic) bond motifs is 5. The number of nitrogens with zero attached hydrogens (tertiary/aromatic N) is 1. The second kappa shape index (κ2) is 9.45. The van der Waals surface area contributed by atoms with Gasteiger partial charge >= 0.3 is 0 Å². The van der Waals surface area contributed by atoms with Crippen LogP contribution >= 0.6 is 11.6 Å². The van der Waals surface area contributed by atoms with Gasteiger partial charge in [-0.25, -0.2) is 0 Å². The summed E-state index contributed by atoms with van der Waals surface area (Å²) in [6.07, 6.45) is 3.88. The van der Waals surface area contributed by atoms with Crippen LogP contribution < -0.4 is 10.2 Å². The Morgan fingerprint density at radius 1 is 0.950 bits per heavy atom. The number of aromatic nitrogens is 2. The van der Waals surface area contributed by atoms with Crippen molar-refractivity contribution >= 4 is 56.6 Å². The van der Waals surface area contributed by atoms with Gasteiger partial charge in [-0.3, -0.25) is 9.59 Å². The lowest BCUT2D eigenvalue weighted by molar-refractivity contribution is 0.0982. The fourth-order valence-electron chi connectivity index (χ4n) is 6.39. The molecule has 1 aliphatic carbocycles. The maximum absolute atomic E-state index is 13.9. The number of amides is 2. The van der Waals surface area contributed by atoms with E-state index in [1.165, 1.54) is 5.56 Å². The lowest BCUT2D eigenvalue weighted by atomic mass is 9.83. The highest BCUT2D eigenvalue weighted by molar-refractivity contribution is 6.21. The second-order valence-electron chi connectivity index (χ2n) is 10.9. The largest absolute Gasteiger partial charge is 0.508 e. The molecule has 3 heterocycles. The summed E-state index contributed by atoms with van der Waals surface area (Å²) in [5.41, 5.74) is 7.30. The number of benzene rings is 3. The third kappa shape index (κ3) is 4.04. The van der Waals surface area contributed by atoms with Crippen molar-refractivity contribution < 1.29 is 14.7 Å². The molecule has 0 fully saturated rings. The molecule has 1 aliphatic heterocycles. The number of phenolic OH excluding ortho intramolecular Hbond substituents is 1. The first kappa shape index (κ1) is 24.8. The normalized spacial score (nSPS) is 17.1. The maximum atomic E-state index is 13.9. The molecule has 0 radical (unpaired) electrons. The van der Waals surface area contributed by atoms with Crippen molar-refractivity contribution in [3.63, 3.8) is 0 Å². The number of halogens is 1. The van der Waals surface area contributed by atoms with Crippen LogP contribution in [0.3, 0.4) is 0 Å². The van der Waals surface area contributed by atoms with Crippen LogP contribution in [0.25, 0.3) is 21.8 Å². The molecule has 0 saturated carbocycles. The molecule has 2 atom stereocenters. The topological polar surface area (TPSA) is 101 Å². The Morgan fingerprint density at radius 2 is 1.68 bits per heavy atom. The number of aromatic amines is 2. The predicted octanol–water partition coefficient (Wildman–Crippen LogP) is 6.86. The number of hydrogen-bond donors (Lipinski definition) is 4. The van der Waals surface area contributed by atoms with Gasteiger partial charge in [0.05, 0.1) is 5.69 Å². The van der Waals surface area contributed by atoms with Gasteiger partial charge in [-0.1, -0.05) is 18.2 Å². The van der Waals surface area contributed by atoms with Crippen LogP contribution in [0, 0.1) is 0 Å². The minimum absolute atomic E-state index is 0.00361. The van der Waals surface area contributed by atoms with Crippen LogP contribution in [0.15, 0.2) is 60.7 Å². The molecule has 4 N–H and O–H groups in total. The molecule has 202 valence electrons. The molecule has 2 aromatic heterocycles. The predicted molar refractivity (Wildman–Crippen MR) is 159 cm³/mol. The minimum Gasteiger partial charge on any atom is -0.508 e. The first-order chi connectivity index (χ1) is 19.4. The number of H-pyrrole nitrogens is 2. The van der Waals surface area contributed by atoms with Gasteiger partial charge in [0.15, 0.2) is 0 Å². The number of alkyl halides is 1. The van der Waals surface area contributed by atoms with Crippen molar-refractivity contribution in [2.45, 2.75) is 43.9 Å². The molecule has 0 bridgehead atoms. The van der Waals surface area contributed by atoms with Crippen LogP contribution in [0.2, 0.25) is 0 Å². The monoisotopic (exact) mass is 552 g/mol. The molecule has 2 aliphatic rings. The molecular formula is C32H29ClN4O3. The van der Waals surface area contributed by atoms with Gasteiger partial charge in [-0.15, -0.1) is 11.6 Å². The number of phenols is 1. The Hall–Kier alpha value is -4.23. The molecule has 0 spiro atoms. The van der Waals surface area contributed by atoms with E-state index in [1.807, 2.05) is 61.5 Å². The number of para-hydroxylation sites is 1. The second-order valence-corrected chi connectivity index (χ2v) is 11.6. The van der Waals surface area contributed by atoms with Crippen molar-refractivity contribution in [2.75, 3.05) is 16.8 Å². The summed E-state index contributed by atoms with van der Waals surface area (Å²) in [6, 6.07) is 18.7. The Kier molecular flexibility index (Phi) is 5.86. The molecule has 7 nitrogen and oxygen atoms in total. The number of nitrogens with one attached hydrogen (secondary N) is 3. The van der Waals surface area contributed by atoms with Gasteiger partial charge in [-0.2, -0.15) is 0 Å². The number of aromatic hydroxyl groups is 1. The van der Waals surface area contributed by atoms with Crippen molar-refractivity contribution in [3.8, 4) is 5.75 Å². The molecule has 5 aromatic rings. The van der Waals surface area contributed by atoms with Crippen molar-refractivity contribution in [2.24, 2.45) is 0 Å². The van der Waals surface area contributed by atoms with Gasteiger partial charge in [0, 0.05) is 51.4 Å². The van der Waals surface area contributed by atoms with Crippen LogP contribution in [-0.4, -0.2) is 38.8 Å². The summed E-state index contributed by atoms with van der Waals surface area (Å²) in [5, 5.41) is 15.4. The summed E-state index contributed by atoms with van der Waals surface area (Å²) < 4.78 is 0. The molecule has 0 unspecified atom stereocenters. The van der Waals surface area contributed by atoms with E-state index in [2.05, 4.69) is 15.3 Å². The maximum Gasteiger partial charge on any atom is 0.274 e. The number of anilines is 2. The third-order valence-corrected chi connectivity index (χ3v) is 8.68. The van der Waals surface area contributed by atoms with Crippen LogP contribution in [0.1, 0.15) is 63.4 Å². The smallest absolute Gasteiger partial charge is 0.274 e. The first-order valence-electron chi connectivity index (χ1n) is 13.7. The molecule has 40 heavy (non-hydrogen) atoms. The molecule has 8 heteroatoms.